The van der Waals surface area contributed by atoms with Crippen molar-refractivity contribution in [3.05, 3.63) is 36.3 Å². The van der Waals surface area contributed by atoms with E-state index in [-0.39, 0.29) is 5.69 Å². The average molecular weight is 259 g/mol. The summed E-state index contributed by atoms with van der Waals surface area (Å²) < 4.78 is 10.6. The van der Waals surface area contributed by atoms with E-state index in [1.165, 1.54) is 12.4 Å². The number of amides is 1. The van der Waals surface area contributed by atoms with Gasteiger partial charge in [-0.25, -0.2) is 4.98 Å². The molecule has 0 aliphatic carbocycles. The van der Waals surface area contributed by atoms with Crippen molar-refractivity contribution in [2.75, 3.05) is 14.2 Å². The number of hydrogen-bond donors (Lipinski definition) is 1. The molecular weight excluding hydrogens is 246 g/mol. The number of nitrogens with zero attached hydrogens (tertiary/aromatic N) is 2. The van der Waals surface area contributed by atoms with Gasteiger partial charge in [-0.3, -0.25) is 9.78 Å². The molecule has 0 saturated carbocycles. The molecule has 6 nitrogen and oxygen atoms in total. The third-order valence-electron chi connectivity index (χ3n) is 2.57. The monoisotopic (exact) mass is 259 g/mol. The Labute approximate surface area is 110 Å². The molecule has 0 spiro atoms. The maximum Gasteiger partial charge on any atom is 0.268 e. The van der Waals surface area contributed by atoms with Crippen LogP contribution in [0.3, 0.4) is 0 Å². The highest BCUT2D eigenvalue weighted by molar-refractivity contribution is 5.91. The first kappa shape index (κ1) is 12.8. The predicted octanol–water partition coefficient (Wildman–Crippen LogP) is 1.26. The summed E-state index contributed by atoms with van der Waals surface area (Å²) in [6.07, 6.45) is 2.83. The Balaban J connectivity index is 2.63. The summed E-state index contributed by atoms with van der Waals surface area (Å²) >= 11 is 0. The Kier molecular flexibility index (Phi) is 3.61. The number of primary amides is 1. The first-order valence-electron chi connectivity index (χ1n) is 5.50. The molecule has 1 amide bonds. The third-order valence-corrected chi connectivity index (χ3v) is 2.57. The number of carbonyl (C=O) groups excluding carboxylic acids is 1. The van der Waals surface area contributed by atoms with E-state index in [9.17, 15) is 4.79 Å². The Morgan fingerprint density at radius 3 is 2.32 bits per heavy atom. The minimum absolute atomic E-state index is 0.0884. The second-order valence-electron chi connectivity index (χ2n) is 3.69. The van der Waals surface area contributed by atoms with Gasteiger partial charge in [0.25, 0.3) is 5.91 Å². The van der Waals surface area contributed by atoms with Gasteiger partial charge in [-0.2, -0.15) is 0 Å². The van der Waals surface area contributed by atoms with Crippen LogP contribution >= 0.6 is 0 Å². The first-order chi connectivity index (χ1) is 9.17. The van der Waals surface area contributed by atoms with Crippen molar-refractivity contribution in [2.45, 2.75) is 0 Å². The standard InChI is InChI=1S/C13H13N3O3/c1-18-10-4-3-5-11(19-2)12(10)8-6-15-7-9(16-8)13(14)17/h3-7H,1-2H3,(H2,14,17). The quantitative estimate of drug-likeness (QED) is 0.893. The number of benzene rings is 1. The van der Waals surface area contributed by atoms with Crippen LogP contribution in [0.25, 0.3) is 11.3 Å². The molecule has 0 fully saturated rings. The van der Waals surface area contributed by atoms with Gasteiger partial charge in [0.2, 0.25) is 0 Å². The molecule has 0 bridgehead atoms. The van der Waals surface area contributed by atoms with Crippen molar-refractivity contribution in [3.8, 4) is 22.8 Å². The normalized spacial score (nSPS) is 10.0. The SMILES string of the molecule is COc1cccc(OC)c1-c1cncc(C(N)=O)n1. The predicted molar refractivity (Wildman–Crippen MR) is 69.1 cm³/mol. The fourth-order valence-corrected chi connectivity index (χ4v) is 1.71. The van der Waals surface area contributed by atoms with Crippen molar-refractivity contribution in [3.63, 3.8) is 0 Å². The van der Waals surface area contributed by atoms with Crippen LogP contribution in [0.2, 0.25) is 0 Å². The second kappa shape index (κ2) is 5.34. The van der Waals surface area contributed by atoms with E-state index >= 15 is 0 Å². The summed E-state index contributed by atoms with van der Waals surface area (Å²) in [7, 11) is 3.09. The largest absolute Gasteiger partial charge is 0.496 e. The highest BCUT2D eigenvalue weighted by Crippen LogP contribution is 2.36. The molecule has 0 aliphatic rings. The fraction of sp³-hybridized carbons (Fsp3) is 0.154. The van der Waals surface area contributed by atoms with Gasteiger partial charge in [0, 0.05) is 0 Å². The van der Waals surface area contributed by atoms with Gasteiger partial charge >= 0.3 is 0 Å². The van der Waals surface area contributed by atoms with E-state index in [1.807, 2.05) is 0 Å². The zero-order valence-corrected chi connectivity index (χ0v) is 10.6. The molecule has 0 aliphatic heterocycles. The van der Waals surface area contributed by atoms with Crippen LogP contribution in [0.4, 0.5) is 0 Å². The van der Waals surface area contributed by atoms with E-state index in [4.69, 9.17) is 15.2 Å². The zero-order valence-electron chi connectivity index (χ0n) is 10.6. The Morgan fingerprint density at radius 2 is 1.79 bits per heavy atom. The van der Waals surface area contributed by atoms with Crippen LogP contribution in [0, 0.1) is 0 Å². The minimum atomic E-state index is -0.636. The maximum absolute atomic E-state index is 11.2. The lowest BCUT2D eigenvalue weighted by atomic mass is 10.1. The fourth-order valence-electron chi connectivity index (χ4n) is 1.71. The molecule has 2 rings (SSSR count). The summed E-state index contributed by atoms with van der Waals surface area (Å²) in [6.45, 7) is 0. The van der Waals surface area contributed by atoms with Gasteiger partial charge in [0.05, 0.1) is 37.9 Å². The number of nitrogens with two attached hydrogens (primary N) is 1. The van der Waals surface area contributed by atoms with E-state index in [1.54, 1.807) is 32.4 Å². The molecule has 98 valence electrons. The van der Waals surface area contributed by atoms with Crippen molar-refractivity contribution in [1.29, 1.82) is 0 Å². The smallest absolute Gasteiger partial charge is 0.268 e. The van der Waals surface area contributed by atoms with E-state index in [0.717, 1.165) is 0 Å². The van der Waals surface area contributed by atoms with Crippen LogP contribution in [-0.2, 0) is 0 Å². The summed E-state index contributed by atoms with van der Waals surface area (Å²) in [4.78, 5) is 19.3. The molecule has 6 heteroatoms. The molecule has 19 heavy (non-hydrogen) atoms. The highest BCUT2D eigenvalue weighted by atomic mass is 16.5. The average Bonchev–Trinajstić information content (AvgIpc) is 2.46. The molecular formula is C13H13N3O3. The van der Waals surface area contributed by atoms with Crippen LogP contribution < -0.4 is 15.2 Å². The second-order valence-corrected chi connectivity index (χ2v) is 3.69. The van der Waals surface area contributed by atoms with Gasteiger partial charge in [-0.1, -0.05) is 6.07 Å². The number of ether oxygens (including phenoxy) is 2. The van der Waals surface area contributed by atoms with Crippen molar-refractivity contribution >= 4 is 5.91 Å². The molecule has 2 aromatic rings. The lowest BCUT2D eigenvalue weighted by Gasteiger charge is -2.12. The first-order valence-corrected chi connectivity index (χ1v) is 5.50. The van der Waals surface area contributed by atoms with Crippen molar-refractivity contribution < 1.29 is 14.3 Å². The van der Waals surface area contributed by atoms with Crippen molar-refractivity contribution in [1.82, 2.24) is 9.97 Å². The highest BCUT2D eigenvalue weighted by Gasteiger charge is 2.15. The van der Waals surface area contributed by atoms with Crippen LogP contribution in [-0.4, -0.2) is 30.1 Å². The molecule has 0 radical (unpaired) electrons. The van der Waals surface area contributed by atoms with Crippen LogP contribution in [0.1, 0.15) is 10.5 Å². The lowest BCUT2D eigenvalue weighted by Crippen LogP contribution is -2.13. The van der Waals surface area contributed by atoms with Crippen molar-refractivity contribution in [2.24, 2.45) is 5.73 Å². The lowest BCUT2D eigenvalue weighted by molar-refractivity contribution is 0.0995. The minimum Gasteiger partial charge on any atom is -0.496 e. The Bertz CT molecular complexity index is 592. The van der Waals surface area contributed by atoms with Crippen LogP contribution in [0.5, 0.6) is 11.5 Å². The molecule has 0 saturated heterocycles. The molecule has 1 heterocycles. The molecule has 1 aromatic heterocycles. The number of methoxy groups -OCH3 is 2. The number of hydrogen-bond acceptors (Lipinski definition) is 5. The molecule has 2 N–H and O–H groups in total. The van der Waals surface area contributed by atoms with Gasteiger partial charge in [0.15, 0.2) is 0 Å². The van der Waals surface area contributed by atoms with E-state index < -0.39 is 5.91 Å². The van der Waals surface area contributed by atoms with Gasteiger partial charge in [-0.15, -0.1) is 0 Å². The van der Waals surface area contributed by atoms with Gasteiger partial charge in [-0.05, 0) is 12.1 Å². The number of carbonyl (C=O) groups is 1. The number of aromatic nitrogens is 2. The van der Waals surface area contributed by atoms with Crippen LogP contribution in [0.15, 0.2) is 30.6 Å². The topological polar surface area (TPSA) is 87.3 Å². The van der Waals surface area contributed by atoms with Gasteiger partial charge in [0.1, 0.15) is 17.2 Å². The summed E-state index contributed by atoms with van der Waals surface area (Å²) in [5.41, 5.74) is 6.38. The molecule has 0 atom stereocenters. The zero-order chi connectivity index (χ0) is 13.8. The van der Waals surface area contributed by atoms with E-state index in [0.29, 0.717) is 22.8 Å². The Morgan fingerprint density at radius 1 is 1.16 bits per heavy atom. The molecule has 1 aromatic carbocycles. The Hall–Kier alpha value is -2.63. The van der Waals surface area contributed by atoms with E-state index in [2.05, 4.69) is 9.97 Å². The summed E-state index contributed by atoms with van der Waals surface area (Å²) in [5.74, 6) is 0.522. The van der Waals surface area contributed by atoms with Gasteiger partial charge < -0.3 is 15.2 Å². The maximum atomic E-state index is 11.2. The molecule has 0 unspecified atom stereocenters. The summed E-state index contributed by atoms with van der Waals surface area (Å²) in [6, 6.07) is 5.35. The number of rotatable bonds is 4. The summed E-state index contributed by atoms with van der Waals surface area (Å²) in [5, 5.41) is 0. The third kappa shape index (κ3) is 2.47.